The molecule has 0 aliphatic heterocycles. The normalized spacial score (nSPS) is 11.5. The first kappa shape index (κ1) is 18.3. The third kappa shape index (κ3) is 5.54. The summed E-state index contributed by atoms with van der Waals surface area (Å²) < 4.78 is 0. The summed E-state index contributed by atoms with van der Waals surface area (Å²) in [6, 6.07) is 3.73. The number of hydrogen-bond donors (Lipinski definition) is 3. The molecule has 1 rings (SSSR count). The molecule has 0 saturated heterocycles. The molecule has 0 aliphatic rings. The fourth-order valence-electron chi connectivity index (χ4n) is 1.59. The van der Waals surface area contributed by atoms with E-state index in [4.69, 9.17) is 23.2 Å². The highest BCUT2D eigenvalue weighted by molar-refractivity contribution is 6.42. The van der Waals surface area contributed by atoms with Crippen molar-refractivity contribution in [1.82, 2.24) is 16.0 Å². The van der Waals surface area contributed by atoms with Crippen molar-refractivity contribution in [2.45, 2.75) is 19.9 Å². The Bertz CT molecular complexity index is 578. The molecule has 6 nitrogen and oxygen atoms in total. The van der Waals surface area contributed by atoms with E-state index in [1.807, 2.05) is 0 Å². The Kier molecular flexibility index (Phi) is 7.14. The summed E-state index contributed by atoms with van der Waals surface area (Å²) in [5.74, 6) is -1.21. The molecule has 3 amide bonds. The van der Waals surface area contributed by atoms with Gasteiger partial charge in [0.2, 0.25) is 11.8 Å². The van der Waals surface area contributed by atoms with Gasteiger partial charge in [-0.1, -0.05) is 23.2 Å². The molecule has 0 unspecified atom stereocenters. The van der Waals surface area contributed by atoms with E-state index >= 15 is 0 Å². The fourth-order valence-corrected chi connectivity index (χ4v) is 1.88. The maximum Gasteiger partial charge on any atom is 0.251 e. The first-order valence-electron chi connectivity index (χ1n) is 6.65. The number of amides is 3. The van der Waals surface area contributed by atoms with E-state index in [2.05, 4.69) is 16.0 Å². The van der Waals surface area contributed by atoms with Gasteiger partial charge >= 0.3 is 0 Å². The second-order valence-electron chi connectivity index (χ2n) is 4.50. The summed E-state index contributed by atoms with van der Waals surface area (Å²) in [5, 5.41) is 8.09. The van der Waals surface area contributed by atoms with Gasteiger partial charge in [0.15, 0.2) is 0 Å². The van der Waals surface area contributed by atoms with Gasteiger partial charge < -0.3 is 16.0 Å². The minimum Gasteiger partial charge on any atom is -0.355 e. The van der Waals surface area contributed by atoms with Crippen LogP contribution in [0.2, 0.25) is 10.0 Å². The van der Waals surface area contributed by atoms with E-state index in [-0.39, 0.29) is 17.5 Å². The van der Waals surface area contributed by atoms with Gasteiger partial charge in [0.25, 0.3) is 5.91 Å². The molecule has 1 aromatic carbocycles. The standard InChI is InChI=1S/C14H17Cl2N3O3/c1-3-17-13(21)8(2)19-12(20)7-18-14(22)9-4-5-10(15)11(16)6-9/h4-6,8H,3,7H2,1-2H3,(H,17,21)(H,18,22)(H,19,20)/t8-/m0/s1. The Hall–Kier alpha value is -1.79. The van der Waals surface area contributed by atoms with Crippen molar-refractivity contribution in [1.29, 1.82) is 0 Å². The van der Waals surface area contributed by atoms with E-state index in [1.165, 1.54) is 18.2 Å². The minimum atomic E-state index is -0.672. The molecule has 1 aromatic rings. The molecule has 0 fully saturated rings. The van der Waals surface area contributed by atoms with Gasteiger partial charge in [0.05, 0.1) is 16.6 Å². The third-order valence-corrected chi connectivity index (χ3v) is 3.45. The SMILES string of the molecule is CCNC(=O)[C@H](C)NC(=O)CNC(=O)c1ccc(Cl)c(Cl)c1. The van der Waals surface area contributed by atoms with Crippen molar-refractivity contribution < 1.29 is 14.4 Å². The Labute approximate surface area is 138 Å². The minimum absolute atomic E-state index is 0.247. The number of rotatable bonds is 6. The van der Waals surface area contributed by atoms with Crippen LogP contribution in [-0.2, 0) is 9.59 Å². The third-order valence-electron chi connectivity index (χ3n) is 2.71. The van der Waals surface area contributed by atoms with Crippen molar-refractivity contribution in [3.8, 4) is 0 Å². The quantitative estimate of drug-likeness (QED) is 0.727. The Morgan fingerprint density at radius 3 is 2.41 bits per heavy atom. The van der Waals surface area contributed by atoms with Gasteiger partial charge in [0, 0.05) is 12.1 Å². The number of nitrogens with one attached hydrogen (secondary N) is 3. The van der Waals surface area contributed by atoms with E-state index < -0.39 is 17.9 Å². The van der Waals surface area contributed by atoms with Gasteiger partial charge in [-0.05, 0) is 32.0 Å². The second-order valence-corrected chi connectivity index (χ2v) is 5.31. The van der Waals surface area contributed by atoms with Crippen LogP contribution in [0.15, 0.2) is 18.2 Å². The fraction of sp³-hybridized carbons (Fsp3) is 0.357. The van der Waals surface area contributed by atoms with E-state index in [0.717, 1.165) is 0 Å². The largest absolute Gasteiger partial charge is 0.355 e. The molecule has 1 atom stereocenters. The van der Waals surface area contributed by atoms with Crippen LogP contribution >= 0.6 is 23.2 Å². The highest BCUT2D eigenvalue weighted by atomic mass is 35.5. The average molecular weight is 346 g/mol. The lowest BCUT2D eigenvalue weighted by Crippen LogP contribution is -2.47. The predicted molar refractivity (Wildman–Crippen MR) is 85.1 cm³/mol. The van der Waals surface area contributed by atoms with Gasteiger partial charge in [-0.25, -0.2) is 0 Å². The molecule has 0 bridgehead atoms. The van der Waals surface area contributed by atoms with Gasteiger partial charge in [-0.3, -0.25) is 14.4 Å². The zero-order chi connectivity index (χ0) is 16.7. The first-order chi connectivity index (χ1) is 10.3. The summed E-state index contributed by atoms with van der Waals surface area (Å²) in [6.45, 7) is 3.57. The van der Waals surface area contributed by atoms with Crippen LogP contribution in [0.4, 0.5) is 0 Å². The van der Waals surface area contributed by atoms with E-state index in [9.17, 15) is 14.4 Å². The summed E-state index contributed by atoms with van der Waals surface area (Å²) in [4.78, 5) is 35.0. The predicted octanol–water partition coefficient (Wildman–Crippen LogP) is 1.36. The summed E-state index contributed by atoms with van der Waals surface area (Å²) >= 11 is 11.6. The molecule has 22 heavy (non-hydrogen) atoms. The lowest BCUT2D eigenvalue weighted by Gasteiger charge is -2.13. The number of carbonyl (C=O) groups excluding carboxylic acids is 3. The highest BCUT2D eigenvalue weighted by Crippen LogP contribution is 2.22. The second kappa shape index (κ2) is 8.60. The molecular formula is C14H17Cl2N3O3. The van der Waals surface area contributed by atoms with Crippen molar-refractivity contribution in [2.75, 3.05) is 13.1 Å². The zero-order valence-electron chi connectivity index (χ0n) is 12.2. The number of hydrogen-bond acceptors (Lipinski definition) is 3. The van der Waals surface area contributed by atoms with Crippen LogP contribution < -0.4 is 16.0 Å². The number of benzene rings is 1. The Morgan fingerprint density at radius 1 is 1.14 bits per heavy atom. The molecule has 0 heterocycles. The molecule has 0 saturated carbocycles. The lowest BCUT2D eigenvalue weighted by molar-refractivity contribution is -0.128. The molecule has 3 N–H and O–H groups in total. The molecule has 120 valence electrons. The van der Waals surface area contributed by atoms with Crippen LogP contribution in [0, 0.1) is 0 Å². The number of likely N-dealkylation sites (N-methyl/N-ethyl adjacent to an activating group) is 1. The molecule has 0 aromatic heterocycles. The highest BCUT2D eigenvalue weighted by Gasteiger charge is 2.15. The first-order valence-corrected chi connectivity index (χ1v) is 7.41. The summed E-state index contributed by atoms with van der Waals surface area (Å²) in [7, 11) is 0. The average Bonchev–Trinajstić information content (AvgIpc) is 2.47. The molecule has 0 radical (unpaired) electrons. The maximum absolute atomic E-state index is 11.9. The Morgan fingerprint density at radius 2 is 1.82 bits per heavy atom. The summed E-state index contributed by atoms with van der Waals surface area (Å²) in [5.41, 5.74) is 0.291. The van der Waals surface area contributed by atoms with Crippen LogP contribution in [0.3, 0.4) is 0 Å². The van der Waals surface area contributed by atoms with Crippen LogP contribution in [0.5, 0.6) is 0 Å². The van der Waals surface area contributed by atoms with Crippen molar-refractivity contribution in [3.05, 3.63) is 33.8 Å². The van der Waals surface area contributed by atoms with Crippen molar-refractivity contribution in [3.63, 3.8) is 0 Å². The maximum atomic E-state index is 11.9. The van der Waals surface area contributed by atoms with Gasteiger partial charge in [-0.2, -0.15) is 0 Å². The van der Waals surface area contributed by atoms with Crippen molar-refractivity contribution in [2.24, 2.45) is 0 Å². The molecule has 0 aliphatic carbocycles. The summed E-state index contributed by atoms with van der Waals surface area (Å²) in [6.07, 6.45) is 0. The van der Waals surface area contributed by atoms with E-state index in [0.29, 0.717) is 17.1 Å². The van der Waals surface area contributed by atoms with Crippen molar-refractivity contribution >= 4 is 40.9 Å². The van der Waals surface area contributed by atoms with Crippen LogP contribution in [-0.4, -0.2) is 36.9 Å². The lowest BCUT2D eigenvalue weighted by atomic mass is 10.2. The smallest absolute Gasteiger partial charge is 0.251 e. The van der Waals surface area contributed by atoms with Crippen LogP contribution in [0.25, 0.3) is 0 Å². The molecule has 0 spiro atoms. The molecule has 8 heteroatoms. The van der Waals surface area contributed by atoms with Gasteiger partial charge in [0.1, 0.15) is 6.04 Å². The topological polar surface area (TPSA) is 87.3 Å². The van der Waals surface area contributed by atoms with Gasteiger partial charge in [-0.15, -0.1) is 0 Å². The number of carbonyl (C=O) groups is 3. The molecular weight excluding hydrogens is 329 g/mol. The van der Waals surface area contributed by atoms with Crippen LogP contribution in [0.1, 0.15) is 24.2 Å². The number of halogens is 2. The monoisotopic (exact) mass is 345 g/mol. The zero-order valence-corrected chi connectivity index (χ0v) is 13.7. The van der Waals surface area contributed by atoms with E-state index in [1.54, 1.807) is 13.8 Å². The Balaban J connectivity index is 2.48.